The van der Waals surface area contributed by atoms with Gasteiger partial charge in [-0.3, -0.25) is 0 Å². The fourth-order valence-corrected chi connectivity index (χ4v) is 4.27. The Bertz CT molecular complexity index is 582. The average molecular weight is 346 g/mol. The topological polar surface area (TPSA) is 71.1 Å². The highest BCUT2D eigenvalue weighted by molar-refractivity contribution is 7.90. The molecule has 7 heteroatoms. The van der Waals surface area contributed by atoms with Gasteiger partial charge in [-0.25, -0.2) is 18.1 Å². The van der Waals surface area contributed by atoms with E-state index in [9.17, 15) is 8.42 Å². The van der Waals surface area contributed by atoms with Gasteiger partial charge in [-0.05, 0) is 59.3 Å². The van der Waals surface area contributed by atoms with Crippen molar-refractivity contribution in [1.29, 1.82) is 0 Å². The molecule has 0 aromatic carbocycles. The van der Waals surface area contributed by atoms with E-state index in [0.717, 1.165) is 43.1 Å². The first-order valence-corrected chi connectivity index (χ1v) is 10.2. The minimum absolute atomic E-state index is 0.0857. The SMILES string of the molecule is Cc1csc(NCC2CCC(NS(=O)(=O)C(C)(C)C)CC2)n1. The van der Waals surface area contributed by atoms with Crippen molar-refractivity contribution in [1.82, 2.24) is 9.71 Å². The predicted octanol–water partition coefficient (Wildman–Crippen LogP) is 3.14. The third kappa shape index (κ3) is 4.67. The number of hydrogen-bond acceptors (Lipinski definition) is 5. The summed E-state index contributed by atoms with van der Waals surface area (Å²) in [6.07, 6.45) is 3.93. The van der Waals surface area contributed by atoms with Crippen molar-refractivity contribution in [2.24, 2.45) is 5.92 Å². The summed E-state index contributed by atoms with van der Waals surface area (Å²) >= 11 is 1.64. The summed E-state index contributed by atoms with van der Waals surface area (Å²) in [4.78, 5) is 4.40. The number of nitrogens with zero attached hydrogens (tertiary/aromatic N) is 1. The first-order chi connectivity index (χ1) is 10.2. The lowest BCUT2D eigenvalue weighted by molar-refractivity contribution is 0.322. The van der Waals surface area contributed by atoms with E-state index < -0.39 is 14.8 Å². The number of anilines is 1. The van der Waals surface area contributed by atoms with Crippen LogP contribution in [-0.2, 0) is 10.0 Å². The van der Waals surface area contributed by atoms with Crippen LogP contribution in [0.25, 0.3) is 0 Å². The van der Waals surface area contributed by atoms with Gasteiger partial charge in [0.1, 0.15) is 0 Å². The van der Waals surface area contributed by atoms with Crippen molar-refractivity contribution < 1.29 is 8.42 Å². The van der Waals surface area contributed by atoms with E-state index in [-0.39, 0.29) is 6.04 Å². The van der Waals surface area contributed by atoms with Crippen molar-refractivity contribution in [2.75, 3.05) is 11.9 Å². The van der Waals surface area contributed by atoms with Gasteiger partial charge in [0.05, 0.1) is 10.4 Å². The summed E-state index contributed by atoms with van der Waals surface area (Å²) < 4.78 is 26.5. The molecule has 0 unspecified atom stereocenters. The molecule has 2 rings (SSSR count). The molecule has 1 heterocycles. The number of aromatic nitrogens is 1. The highest BCUT2D eigenvalue weighted by Gasteiger charge is 2.32. The number of thiazole rings is 1. The highest BCUT2D eigenvalue weighted by Crippen LogP contribution is 2.27. The number of nitrogens with one attached hydrogen (secondary N) is 2. The molecule has 0 atom stereocenters. The lowest BCUT2D eigenvalue weighted by atomic mass is 9.86. The third-order valence-electron chi connectivity index (χ3n) is 4.14. The lowest BCUT2D eigenvalue weighted by Gasteiger charge is -2.31. The maximum absolute atomic E-state index is 12.2. The molecule has 0 bridgehead atoms. The second-order valence-electron chi connectivity index (χ2n) is 7.13. The molecule has 1 saturated carbocycles. The zero-order chi connectivity index (χ0) is 16.4. The van der Waals surface area contributed by atoms with Crippen LogP contribution in [0.2, 0.25) is 0 Å². The zero-order valence-electron chi connectivity index (χ0n) is 13.8. The second kappa shape index (κ2) is 6.84. The van der Waals surface area contributed by atoms with Crippen LogP contribution in [0.3, 0.4) is 0 Å². The number of rotatable bonds is 5. The van der Waals surface area contributed by atoms with Gasteiger partial charge in [-0.15, -0.1) is 11.3 Å². The van der Waals surface area contributed by atoms with Crippen LogP contribution in [0.15, 0.2) is 5.38 Å². The molecule has 1 aliphatic carbocycles. The van der Waals surface area contributed by atoms with Gasteiger partial charge in [0, 0.05) is 18.0 Å². The molecule has 2 N–H and O–H groups in total. The van der Waals surface area contributed by atoms with Crippen LogP contribution in [0.4, 0.5) is 5.13 Å². The van der Waals surface area contributed by atoms with E-state index >= 15 is 0 Å². The Morgan fingerprint density at radius 2 is 1.91 bits per heavy atom. The molecule has 1 aromatic rings. The summed E-state index contributed by atoms with van der Waals surface area (Å²) in [6, 6.07) is 0.0857. The average Bonchev–Trinajstić information content (AvgIpc) is 2.82. The molecule has 22 heavy (non-hydrogen) atoms. The van der Waals surface area contributed by atoms with Crippen LogP contribution in [0.1, 0.15) is 52.1 Å². The predicted molar refractivity (Wildman–Crippen MR) is 92.9 cm³/mol. The van der Waals surface area contributed by atoms with Crippen molar-refractivity contribution >= 4 is 26.5 Å². The maximum Gasteiger partial charge on any atom is 0.216 e. The van der Waals surface area contributed by atoms with Crippen LogP contribution in [-0.4, -0.2) is 30.7 Å². The molecule has 1 aliphatic rings. The first kappa shape index (κ1) is 17.7. The summed E-state index contributed by atoms with van der Waals surface area (Å²) in [5.74, 6) is 0.597. The van der Waals surface area contributed by atoms with Crippen LogP contribution in [0, 0.1) is 12.8 Å². The van der Waals surface area contributed by atoms with Crippen molar-refractivity contribution in [3.05, 3.63) is 11.1 Å². The molecular weight excluding hydrogens is 318 g/mol. The quantitative estimate of drug-likeness (QED) is 0.860. The van der Waals surface area contributed by atoms with Crippen molar-refractivity contribution in [3.63, 3.8) is 0 Å². The first-order valence-electron chi connectivity index (χ1n) is 7.85. The minimum Gasteiger partial charge on any atom is -0.361 e. The third-order valence-corrected chi connectivity index (χ3v) is 7.31. The Morgan fingerprint density at radius 3 is 2.41 bits per heavy atom. The molecule has 5 nitrogen and oxygen atoms in total. The largest absolute Gasteiger partial charge is 0.361 e. The fraction of sp³-hybridized carbons (Fsp3) is 0.800. The van der Waals surface area contributed by atoms with E-state index in [1.807, 2.05) is 12.3 Å². The van der Waals surface area contributed by atoms with Gasteiger partial charge in [0.15, 0.2) is 5.13 Å². The molecule has 0 aliphatic heterocycles. The van der Waals surface area contributed by atoms with Crippen molar-refractivity contribution in [2.45, 2.75) is 64.2 Å². The lowest BCUT2D eigenvalue weighted by Crippen LogP contribution is -2.46. The van der Waals surface area contributed by atoms with Gasteiger partial charge in [-0.1, -0.05) is 0 Å². The summed E-state index contributed by atoms with van der Waals surface area (Å²) in [7, 11) is -3.24. The Kier molecular flexibility index (Phi) is 5.50. The number of hydrogen-bond donors (Lipinski definition) is 2. The Morgan fingerprint density at radius 1 is 1.27 bits per heavy atom. The molecule has 1 aromatic heterocycles. The summed E-state index contributed by atoms with van der Waals surface area (Å²) in [5.41, 5.74) is 1.05. The van der Waals surface area contributed by atoms with Crippen LogP contribution in [0.5, 0.6) is 0 Å². The van der Waals surface area contributed by atoms with E-state index in [4.69, 9.17) is 0 Å². The number of aryl methyl sites for hydroxylation is 1. The van der Waals surface area contributed by atoms with Gasteiger partial charge >= 0.3 is 0 Å². The maximum atomic E-state index is 12.2. The van der Waals surface area contributed by atoms with Crippen molar-refractivity contribution in [3.8, 4) is 0 Å². The van der Waals surface area contributed by atoms with E-state index in [1.165, 1.54) is 0 Å². The molecule has 126 valence electrons. The second-order valence-corrected chi connectivity index (χ2v) is 10.5. The molecule has 0 radical (unpaired) electrons. The molecule has 0 amide bonds. The number of sulfonamides is 1. The van der Waals surface area contributed by atoms with Gasteiger partial charge < -0.3 is 5.32 Å². The monoisotopic (exact) mass is 345 g/mol. The van der Waals surface area contributed by atoms with Gasteiger partial charge in [0.25, 0.3) is 0 Å². The normalized spacial score (nSPS) is 23.5. The Labute approximate surface area is 138 Å². The van der Waals surface area contributed by atoms with Crippen LogP contribution >= 0.6 is 11.3 Å². The minimum atomic E-state index is -3.24. The fourth-order valence-electron chi connectivity index (χ4n) is 2.55. The highest BCUT2D eigenvalue weighted by atomic mass is 32.2. The Hall–Kier alpha value is -0.660. The van der Waals surface area contributed by atoms with Gasteiger partial charge in [0.2, 0.25) is 10.0 Å². The zero-order valence-corrected chi connectivity index (χ0v) is 15.5. The van der Waals surface area contributed by atoms with Crippen LogP contribution < -0.4 is 10.0 Å². The molecule has 0 spiro atoms. The van der Waals surface area contributed by atoms with E-state index in [0.29, 0.717) is 5.92 Å². The van der Waals surface area contributed by atoms with E-state index in [2.05, 4.69) is 15.0 Å². The smallest absolute Gasteiger partial charge is 0.216 e. The molecular formula is C15H27N3O2S2. The standard InChI is InChI=1S/C15H27N3O2S2/c1-11-10-21-14(17-11)16-9-12-5-7-13(8-6-12)18-22(19,20)15(2,3)4/h10,12-13,18H,5-9H2,1-4H3,(H,16,17). The summed E-state index contributed by atoms with van der Waals surface area (Å²) in [6.45, 7) is 8.13. The Balaban J connectivity index is 1.76. The van der Waals surface area contributed by atoms with Gasteiger partial charge in [-0.2, -0.15) is 0 Å². The molecule has 1 fully saturated rings. The molecule has 0 saturated heterocycles. The summed E-state index contributed by atoms with van der Waals surface area (Å²) in [5, 5.41) is 6.41. The van der Waals surface area contributed by atoms with E-state index in [1.54, 1.807) is 32.1 Å².